The Hall–Kier alpha value is -1.30. The molecule has 0 heteroatoms. The van der Waals surface area contributed by atoms with Crippen molar-refractivity contribution in [2.75, 3.05) is 0 Å². The first kappa shape index (κ1) is 8.81. The lowest BCUT2D eigenvalue weighted by Gasteiger charge is -2.10. The molecule has 2 fully saturated rings. The molecule has 4 rings (SSSR count). The molecule has 0 radical (unpaired) electrons. The highest BCUT2D eigenvalue weighted by Crippen LogP contribution is 2.47. The van der Waals surface area contributed by atoms with Gasteiger partial charge in [-0.05, 0) is 59.4 Å². The molecule has 2 aliphatic rings. The van der Waals surface area contributed by atoms with Gasteiger partial charge in [0.05, 0.1) is 0 Å². The Balaban J connectivity index is 2.00. The van der Waals surface area contributed by atoms with Gasteiger partial charge in [0.25, 0.3) is 0 Å². The van der Waals surface area contributed by atoms with Gasteiger partial charge in [0, 0.05) is 0 Å². The molecule has 0 saturated heterocycles. The van der Waals surface area contributed by atoms with Crippen LogP contribution in [0, 0.1) is 0 Å². The van der Waals surface area contributed by atoms with Crippen LogP contribution in [0.15, 0.2) is 36.4 Å². The maximum atomic E-state index is 2.40. The van der Waals surface area contributed by atoms with Gasteiger partial charge < -0.3 is 0 Å². The van der Waals surface area contributed by atoms with Gasteiger partial charge in [-0.3, -0.25) is 0 Å². The number of hydrogen-bond donors (Lipinski definition) is 0. The summed E-state index contributed by atoms with van der Waals surface area (Å²) >= 11 is 0. The van der Waals surface area contributed by atoms with Gasteiger partial charge in [0.15, 0.2) is 0 Å². The van der Waals surface area contributed by atoms with Gasteiger partial charge in [0.1, 0.15) is 0 Å². The van der Waals surface area contributed by atoms with Crippen LogP contribution in [0.1, 0.15) is 48.6 Å². The first-order valence-electron chi connectivity index (χ1n) is 6.45. The van der Waals surface area contributed by atoms with Crippen molar-refractivity contribution < 1.29 is 0 Å². The van der Waals surface area contributed by atoms with E-state index in [9.17, 15) is 0 Å². The van der Waals surface area contributed by atoms with E-state index in [-0.39, 0.29) is 0 Å². The van der Waals surface area contributed by atoms with Crippen molar-refractivity contribution in [3.05, 3.63) is 47.5 Å². The largest absolute Gasteiger partial charge is 0.0616 e. The van der Waals surface area contributed by atoms with E-state index in [0.29, 0.717) is 0 Å². The maximum absolute atomic E-state index is 2.40. The van der Waals surface area contributed by atoms with E-state index in [2.05, 4.69) is 36.4 Å². The monoisotopic (exact) mass is 208 g/mol. The molecule has 16 heavy (non-hydrogen) atoms. The van der Waals surface area contributed by atoms with Crippen LogP contribution in [0.2, 0.25) is 0 Å². The number of hydrogen-bond acceptors (Lipinski definition) is 0. The minimum atomic E-state index is 0.859. The van der Waals surface area contributed by atoms with E-state index in [1.54, 1.807) is 11.1 Å². The quantitative estimate of drug-likeness (QED) is 0.677. The van der Waals surface area contributed by atoms with Crippen LogP contribution in [0.25, 0.3) is 10.8 Å². The summed E-state index contributed by atoms with van der Waals surface area (Å²) in [5, 5.41) is 3.05. The molecule has 0 unspecified atom stereocenters. The lowest BCUT2D eigenvalue weighted by molar-refractivity contribution is 1.12. The predicted octanol–water partition coefficient (Wildman–Crippen LogP) is 4.59. The fourth-order valence-electron chi connectivity index (χ4n) is 2.85. The van der Waals surface area contributed by atoms with E-state index in [1.807, 2.05) is 0 Å². The molecule has 0 atom stereocenters. The molecule has 80 valence electrons. The Morgan fingerprint density at radius 1 is 0.625 bits per heavy atom. The molecule has 0 amide bonds. The standard InChI is InChI=1S/C16H16/c1-2-4-16-14(12-7-8-12)10-9-13(11-5-6-11)15(16)3-1/h1-4,9-12H,5-8H2. The Bertz CT molecular complexity index is 494. The molecular formula is C16H16. The minimum Gasteiger partial charge on any atom is -0.0616 e. The summed E-state index contributed by atoms with van der Waals surface area (Å²) in [5.74, 6) is 1.72. The van der Waals surface area contributed by atoms with E-state index in [0.717, 1.165) is 11.8 Å². The highest BCUT2D eigenvalue weighted by atomic mass is 14.3. The Morgan fingerprint density at radius 3 is 1.44 bits per heavy atom. The first-order chi connectivity index (χ1) is 7.93. The number of benzene rings is 2. The van der Waals surface area contributed by atoms with Crippen molar-refractivity contribution in [1.29, 1.82) is 0 Å². The van der Waals surface area contributed by atoms with Crippen LogP contribution in [0.4, 0.5) is 0 Å². The van der Waals surface area contributed by atoms with Gasteiger partial charge in [-0.25, -0.2) is 0 Å². The van der Waals surface area contributed by atoms with Crippen LogP contribution in [-0.4, -0.2) is 0 Å². The van der Waals surface area contributed by atoms with Gasteiger partial charge >= 0.3 is 0 Å². The molecule has 0 N–H and O–H groups in total. The summed E-state index contributed by atoms with van der Waals surface area (Å²) in [5.41, 5.74) is 3.19. The molecule has 0 bridgehead atoms. The van der Waals surface area contributed by atoms with Crippen LogP contribution in [-0.2, 0) is 0 Å². The highest BCUT2D eigenvalue weighted by molar-refractivity contribution is 5.90. The molecule has 2 saturated carbocycles. The van der Waals surface area contributed by atoms with Gasteiger partial charge in [-0.1, -0.05) is 36.4 Å². The second kappa shape index (κ2) is 3.10. The lowest BCUT2D eigenvalue weighted by Crippen LogP contribution is -1.88. The third kappa shape index (κ3) is 1.29. The minimum absolute atomic E-state index is 0.859. The zero-order valence-electron chi connectivity index (χ0n) is 9.45. The van der Waals surface area contributed by atoms with Crippen LogP contribution >= 0.6 is 0 Å². The van der Waals surface area contributed by atoms with Crippen LogP contribution < -0.4 is 0 Å². The summed E-state index contributed by atoms with van der Waals surface area (Å²) in [7, 11) is 0. The van der Waals surface area contributed by atoms with Crippen LogP contribution in [0.3, 0.4) is 0 Å². The summed E-state index contributed by atoms with van der Waals surface area (Å²) in [4.78, 5) is 0. The van der Waals surface area contributed by atoms with Crippen molar-refractivity contribution in [2.45, 2.75) is 37.5 Å². The molecule has 0 spiro atoms. The fraction of sp³-hybridized carbons (Fsp3) is 0.375. The SMILES string of the molecule is c1ccc2c(C3CC3)ccc(C3CC3)c2c1. The summed E-state index contributed by atoms with van der Waals surface area (Å²) < 4.78 is 0. The second-order valence-corrected chi connectivity index (χ2v) is 5.34. The lowest BCUT2D eigenvalue weighted by atomic mass is 9.95. The van der Waals surface area contributed by atoms with Crippen LogP contribution in [0.5, 0.6) is 0 Å². The van der Waals surface area contributed by atoms with Crippen molar-refractivity contribution in [1.82, 2.24) is 0 Å². The number of fused-ring (bicyclic) bond motifs is 1. The third-order valence-electron chi connectivity index (χ3n) is 4.03. The molecule has 0 aliphatic heterocycles. The smallest absolute Gasteiger partial charge is 0.0146 e. The Morgan fingerprint density at radius 2 is 1.06 bits per heavy atom. The normalized spacial score (nSPS) is 20.2. The molecule has 2 aliphatic carbocycles. The third-order valence-corrected chi connectivity index (χ3v) is 4.03. The molecule has 0 aromatic heterocycles. The van der Waals surface area contributed by atoms with E-state index >= 15 is 0 Å². The van der Waals surface area contributed by atoms with Crippen molar-refractivity contribution in [2.24, 2.45) is 0 Å². The zero-order valence-corrected chi connectivity index (χ0v) is 9.45. The molecule has 0 nitrogen and oxygen atoms in total. The van der Waals surface area contributed by atoms with E-state index in [4.69, 9.17) is 0 Å². The van der Waals surface area contributed by atoms with Gasteiger partial charge in [-0.2, -0.15) is 0 Å². The summed E-state index contributed by atoms with van der Waals surface area (Å²) in [6, 6.07) is 13.8. The molecule has 2 aromatic rings. The maximum Gasteiger partial charge on any atom is -0.0146 e. The summed E-state index contributed by atoms with van der Waals surface area (Å²) in [6.07, 6.45) is 5.58. The average molecular weight is 208 g/mol. The van der Waals surface area contributed by atoms with Crippen molar-refractivity contribution in [3.63, 3.8) is 0 Å². The predicted molar refractivity (Wildman–Crippen MR) is 67.9 cm³/mol. The fourth-order valence-corrected chi connectivity index (χ4v) is 2.85. The summed E-state index contributed by atoms with van der Waals surface area (Å²) in [6.45, 7) is 0. The zero-order chi connectivity index (χ0) is 10.5. The Labute approximate surface area is 96.3 Å². The molecule has 2 aromatic carbocycles. The topological polar surface area (TPSA) is 0 Å². The van der Waals surface area contributed by atoms with Gasteiger partial charge in [0.2, 0.25) is 0 Å². The Kier molecular flexibility index (Phi) is 1.71. The van der Waals surface area contributed by atoms with E-state index in [1.165, 1.54) is 36.5 Å². The molecular weight excluding hydrogens is 192 g/mol. The van der Waals surface area contributed by atoms with Gasteiger partial charge in [-0.15, -0.1) is 0 Å². The second-order valence-electron chi connectivity index (χ2n) is 5.34. The number of rotatable bonds is 2. The van der Waals surface area contributed by atoms with Crippen molar-refractivity contribution >= 4 is 10.8 Å². The van der Waals surface area contributed by atoms with E-state index < -0.39 is 0 Å². The average Bonchev–Trinajstić information content (AvgIpc) is 3.17. The van der Waals surface area contributed by atoms with Crippen molar-refractivity contribution in [3.8, 4) is 0 Å². The highest BCUT2D eigenvalue weighted by Gasteiger charge is 2.29. The molecule has 0 heterocycles. The first-order valence-corrected chi connectivity index (χ1v) is 6.45.